The van der Waals surface area contributed by atoms with E-state index in [9.17, 15) is 0 Å². The lowest BCUT2D eigenvalue weighted by Crippen LogP contribution is -2.02. The van der Waals surface area contributed by atoms with Gasteiger partial charge in [-0.05, 0) is 41.2 Å². The van der Waals surface area contributed by atoms with Crippen molar-refractivity contribution < 1.29 is 0 Å². The monoisotopic (exact) mass is 321 g/mol. The molecule has 1 nitrogen and oxygen atoms in total. The standard InChI is InChI=1S/C24H19N/c1-3-23(18-10-5-4-6-11-18)25-17(2)21-15-9-13-20-16-19-12-7-8-14-22(19)24(20)21/h1,4-15,23H,16H2,2H3. The Balaban J connectivity index is 1.80. The van der Waals surface area contributed by atoms with Crippen LogP contribution in [0.5, 0.6) is 0 Å². The third-order valence-electron chi connectivity index (χ3n) is 4.80. The van der Waals surface area contributed by atoms with Gasteiger partial charge in [-0.1, -0.05) is 78.7 Å². The highest BCUT2D eigenvalue weighted by Crippen LogP contribution is 2.39. The van der Waals surface area contributed by atoms with Gasteiger partial charge in [0.25, 0.3) is 0 Å². The van der Waals surface area contributed by atoms with Gasteiger partial charge in [0.1, 0.15) is 6.04 Å². The molecule has 0 aliphatic heterocycles. The summed E-state index contributed by atoms with van der Waals surface area (Å²) in [6.45, 7) is 2.06. The quantitative estimate of drug-likeness (QED) is 0.352. The van der Waals surface area contributed by atoms with Crippen LogP contribution >= 0.6 is 0 Å². The first-order valence-corrected chi connectivity index (χ1v) is 8.54. The highest BCUT2D eigenvalue weighted by molar-refractivity contribution is 6.06. The Kier molecular flexibility index (Phi) is 3.96. The number of fused-ring (bicyclic) bond motifs is 3. The van der Waals surface area contributed by atoms with E-state index in [1.54, 1.807) is 0 Å². The van der Waals surface area contributed by atoms with Crippen molar-refractivity contribution >= 4 is 5.71 Å². The van der Waals surface area contributed by atoms with E-state index in [2.05, 4.69) is 55.3 Å². The van der Waals surface area contributed by atoms with Crippen molar-refractivity contribution in [1.82, 2.24) is 0 Å². The Morgan fingerprint density at radius 2 is 1.64 bits per heavy atom. The smallest absolute Gasteiger partial charge is 0.135 e. The molecule has 3 aromatic carbocycles. The average molecular weight is 321 g/mol. The number of hydrogen-bond donors (Lipinski definition) is 0. The third kappa shape index (κ3) is 2.77. The van der Waals surface area contributed by atoms with Gasteiger partial charge in [-0.2, -0.15) is 0 Å². The van der Waals surface area contributed by atoms with Crippen molar-refractivity contribution in [2.45, 2.75) is 19.4 Å². The maximum absolute atomic E-state index is 5.76. The first-order valence-electron chi connectivity index (χ1n) is 8.54. The zero-order chi connectivity index (χ0) is 17.2. The van der Waals surface area contributed by atoms with Gasteiger partial charge in [0, 0.05) is 11.3 Å². The average Bonchev–Trinajstić information content (AvgIpc) is 3.05. The molecule has 0 amide bonds. The first-order chi connectivity index (χ1) is 12.3. The van der Waals surface area contributed by atoms with E-state index in [4.69, 9.17) is 11.4 Å². The molecule has 0 saturated carbocycles. The van der Waals surface area contributed by atoms with Crippen LogP contribution in [0.4, 0.5) is 0 Å². The van der Waals surface area contributed by atoms with Gasteiger partial charge in [0.05, 0.1) is 0 Å². The molecule has 3 aromatic rings. The molecule has 0 fully saturated rings. The number of aliphatic imine (C=N–C) groups is 1. The molecule has 0 saturated heterocycles. The molecule has 0 spiro atoms. The molecular weight excluding hydrogens is 302 g/mol. The fraction of sp³-hybridized carbons (Fsp3) is 0.125. The minimum Gasteiger partial charge on any atom is -0.268 e. The molecule has 4 rings (SSSR count). The predicted molar refractivity (Wildman–Crippen MR) is 105 cm³/mol. The van der Waals surface area contributed by atoms with E-state index in [0.717, 1.165) is 17.7 Å². The number of benzene rings is 3. The summed E-state index contributed by atoms with van der Waals surface area (Å²) in [5.74, 6) is 2.82. The van der Waals surface area contributed by atoms with Crippen LogP contribution in [0.25, 0.3) is 11.1 Å². The predicted octanol–water partition coefficient (Wildman–Crippen LogP) is 5.44. The van der Waals surface area contributed by atoms with Crippen molar-refractivity contribution in [3.63, 3.8) is 0 Å². The Hall–Kier alpha value is -3.11. The minimum atomic E-state index is -0.256. The molecule has 0 heterocycles. The summed E-state index contributed by atoms with van der Waals surface area (Å²) in [5, 5.41) is 0. The van der Waals surface area contributed by atoms with Crippen LogP contribution in [0.3, 0.4) is 0 Å². The second-order valence-electron chi connectivity index (χ2n) is 6.37. The topological polar surface area (TPSA) is 12.4 Å². The van der Waals surface area contributed by atoms with Crippen LogP contribution in [0, 0.1) is 12.3 Å². The summed E-state index contributed by atoms with van der Waals surface area (Å²) in [5.41, 5.74) is 8.60. The second kappa shape index (κ2) is 6.42. The molecule has 0 bridgehead atoms. The van der Waals surface area contributed by atoms with Gasteiger partial charge in [-0.15, -0.1) is 6.42 Å². The van der Waals surface area contributed by atoms with E-state index in [1.165, 1.54) is 27.8 Å². The summed E-state index contributed by atoms with van der Waals surface area (Å²) in [7, 11) is 0. The van der Waals surface area contributed by atoms with E-state index < -0.39 is 0 Å². The Morgan fingerprint density at radius 1 is 0.920 bits per heavy atom. The lowest BCUT2D eigenvalue weighted by molar-refractivity contribution is 0.945. The minimum absolute atomic E-state index is 0.256. The van der Waals surface area contributed by atoms with Gasteiger partial charge in [-0.3, -0.25) is 4.99 Å². The molecule has 1 aliphatic carbocycles. The van der Waals surface area contributed by atoms with Crippen molar-refractivity contribution in [2.24, 2.45) is 4.99 Å². The van der Waals surface area contributed by atoms with Crippen LogP contribution < -0.4 is 0 Å². The highest BCUT2D eigenvalue weighted by atomic mass is 14.8. The number of hydrogen-bond acceptors (Lipinski definition) is 1. The van der Waals surface area contributed by atoms with Crippen LogP contribution in [0.2, 0.25) is 0 Å². The Morgan fingerprint density at radius 3 is 2.44 bits per heavy atom. The maximum Gasteiger partial charge on any atom is 0.135 e. The van der Waals surface area contributed by atoms with Crippen molar-refractivity contribution in [2.75, 3.05) is 0 Å². The Labute approximate surface area is 149 Å². The lowest BCUT2D eigenvalue weighted by atomic mass is 9.96. The van der Waals surface area contributed by atoms with E-state index in [0.29, 0.717) is 0 Å². The largest absolute Gasteiger partial charge is 0.268 e. The SMILES string of the molecule is C#CC(N=C(C)c1cccc2c1-c1ccccc1C2)c1ccccc1. The summed E-state index contributed by atoms with van der Waals surface area (Å²) in [6, 6.07) is 24.9. The van der Waals surface area contributed by atoms with E-state index in [1.807, 2.05) is 30.3 Å². The van der Waals surface area contributed by atoms with Gasteiger partial charge in [0.15, 0.2) is 0 Å². The summed E-state index contributed by atoms with van der Waals surface area (Å²) >= 11 is 0. The van der Waals surface area contributed by atoms with Gasteiger partial charge in [-0.25, -0.2) is 0 Å². The molecule has 1 aliphatic rings. The molecule has 0 radical (unpaired) electrons. The molecule has 0 aromatic heterocycles. The number of terminal acetylenes is 1. The zero-order valence-corrected chi connectivity index (χ0v) is 14.2. The normalized spacial score (nSPS) is 13.7. The third-order valence-corrected chi connectivity index (χ3v) is 4.80. The fourth-order valence-corrected chi connectivity index (χ4v) is 3.60. The summed E-state index contributed by atoms with van der Waals surface area (Å²) in [4.78, 5) is 4.87. The van der Waals surface area contributed by atoms with Gasteiger partial charge >= 0.3 is 0 Å². The fourth-order valence-electron chi connectivity index (χ4n) is 3.60. The van der Waals surface area contributed by atoms with Crippen molar-refractivity contribution in [1.29, 1.82) is 0 Å². The molecule has 1 unspecified atom stereocenters. The molecule has 120 valence electrons. The van der Waals surface area contributed by atoms with E-state index >= 15 is 0 Å². The van der Waals surface area contributed by atoms with Gasteiger partial charge < -0.3 is 0 Å². The number of nitrogens with zero attached hydrogens (tertiary/aromatic N) is 1. The first kappa shape index (κ1) is 15.4. The van der Waals surface area contributed by atoms with Crippen LogP contribution in [0.15, 0.2) is 77.8 Å². The van der Waals surface area contributed by atoms with Crippen molar-refractivity contribution in [3.8, 4) is 23.5 Å². The molecule has 25 heavy (non-hydrogen) atoms. The van der Waals surface area contributed by atoms with Crippen LogP contribution in [-0.2, 0) is 6.42 Å². The highest BCUT2D eigenvalue weighted by Gasteiger charge is 2.22. The summed E-state index contributed by atoms with van der Waals surface area (Å²) < 4.78 is 0. The second-order valence-corrected chi connectivity index (χ2v) is 6.37. The molecule has 0 N–H and O–H groups in total. The molecular formula is C24H19N. The zero-order valence-electron chi connectivity index (χ0n) is 14.2. The summed E-state index contributed by atoms with van der Waals surface area (Å²) in [6.07, 6.45) is 6.75. The molecule has 1 heteroatoms. The van der Waals surface area contributed by atoms with E-state index in [-0.39, 0.29) is 6.04 Å². The molecule has 1 atom stereocenters. The van der Waals surface area contributed by atoms with Gasteiger partial charge in [0.2, 0.25) is 0 Å². The Bertz CT molecular complexity index is 990. The lowest BCUT2D eigenvalue weighted by Gasteiger charge is -2.12. The number of rotatable bonds is 3. The maximum atomic E-state index is 5.76. The van der Waals surface area contributed by atoms with Crippen LogP contribution in [-0.4, -0.2) is 5.71 Å². The van der Waals surface area contributed by atoms with Crippen LogP contribution in [0.1, 0.15) is 35.2 Å². The van der Waals surface area contributed by atoms with Crippen molar-refractivity contribution in [3.05, 3.63) is 95.1 Å².